The first-order valence-electron chi connectivity index (χ1n) is 5.56. The predicted molar refractivity (Wildman–Crippen MR) is 70.2 cm³/mol. The number of Topliss-reactive ketones (excluding diaryl/α,β-unsaturated/α-hetero) is 1. The molecule has 0 bridgehead atoms. The molecule has 0 spiro atoms. The van der Waals surface area contributed by atoms with Gasteiger partial charge in [-0.25, -0.2) is 0 Å². The van der Waals surface area contributed by atoms with Gasteiger partial charge in [-0.05, 0) is 37.3 Å². The highest BCUT2D eigenvalue weighted by molar-refractivity contribution is 6.30. The highest BCUT2D eigenvalue weighted by Gasteiger charge is 2.14. The lowest BCUT2D eigenvalue weighted by Gasteiger charge is -2.26. The Labute approximate surface area is 106 Å². The molecule has 1 aliphatic heterocycles. The number of hydrogen-bond acceptors (Lipinski definition) is 2. The molecule has 17 heavy (non-hydrogen) atoms. The number of rotatable bonds is 3. The van der Waals surface area contributed by atoms with Crippen LogP contribution in [0.1, 0.15) is 17.3 Å². The maximum Gasteiger partial charge on any atom is 0.182 e. The predicted octanol–water partition coefficient (Wildman–Crippen LogP) is 3.30. The monoisotopic (exact) mass is 247 g/mol. The van der Waals surface area contributed by atoms with Crippen LogP contribution in [0.4, 0.5) is 0 Å². The number of halogens is 1. The second-order valence-electron chi connectivity index (χ2n) is 4.07. The quantitative estimate of drug-likeness (QED) is 0.764. The summed E-state index contributed by atoms with van der Waals surface area (Å²) in [6.45, 7) is 2.46. The van der Waals surface area contributed by atoms with Crippen molar-refractivity contribution in [1.82, 2.24) is 4.90 Å². The van der Waals surface area contributed by atoms with Crippen LogP contribution in [-0.2, 0) is 0 Å². The minimum absolute atomic E-state index is 0.105. The third kappa shape index (κ3) is 2.98. The van der Waals surface area contributed by atoms with Crippen molar-refractivity contribution in [2.45, 2.75) is 13.0 Å². The Hall–Kier alpha value is -1.54. The van der Waals surface area contributed by atoms with Gasteiger partial charge in [-0.15, -0.1) is 0 Å². The van der Waals surface area contributed by atoms with E-state index in [1.807, 2.05) is 23.3 Å². The van der Waals surface area contributed by atoms with Gasteiger partial charge in [0.2, 0.25) is 0 Å². The Morgan fingerprint density at radius 1 is 1.29 bits per heavy atom. The zero-order valence-corrected chi connectivity index (χ0v) is 10.4. The van der Waals surface area contributed by atoms with E-state index in [2.05, 4.69) is 13.0 Å². The number of carbonyl (C=O) groups is 1. The smallest absolute Gasteiger partial charge is 0.182 e. The van der Waals surface area contributed by atoms with Crippen LogP contribution in [0.15, 0.2) is 48.7 Å². The number of carbonyl (C=O) groups excluding carboxylic acids is 1. The van der Waals surface area contributed by atoms with Crippen molar-refractivity contribution in [2.24, 2.45) is 0 Å². The molecule has 1 aromatic carbocycles. The van der Waals surface area contributed by atoms with E-state index in [0.29, 0.717) is 17.1 Å². The van der Waals surface area contributed by atoms with Crippen LogP contribution in [-0.4, -0.2) is 23.3 Å². The molecular weight excluding hydrogens is 234 g/mol. The van der Waals surface area contributed by atoms with Gasteiger partial charge < -0.3 is 4.90 Å². The second kappa shape index (κ2) is 5.19. The molecule has 1 aliphatic rings. The molecule has 88 valence electrons. The van der Waals surface area contributed by atoms with Crippen molar-refractivity contribution >= 4 is 17.4 Å². The summed E-state index contributed by atoms with van der Waals surface area (Å²) in [4.78, 5) is 14.0. The molecule has 1 unspecified atom stereocenters. The average Bonchev–Trinajstić information content (AvgIpc) is 2.33. The molecule has 1 aromatic rings. The van der Waals surface area contributed by atoms with Gasteiger partial charge >= 0.3 is 0 Å². The summed E-state index contributed by atoms with van der Waals surface area (Å²) < 4.78 is 0. The summed E-state index contributed by atoms with van der Waals surface area (Å²) >= 11 is 5.79. The van der Waals surface area contributed by atoms with Gasteiger partial charge in [0.25, 0.3) is 0 Å². The molecule has 0 radical (unpaired) electrons. The van der Waals surface area contributed by atoms with Gasteiger partial charge in [0, 0.05) is 22.8 Å². The molecule has 0 N–H and O–H groups in total. The first-order valence-corrected chi connectivity index (χ1v) is 5.94. The molecule has 0 aliphatic carbocycles. The van der Waals surface area contributed by atoms with Crippen LogP contribution in [0.5, 0.6) is 0 Å². The number of hydrogen-bond donors (Lipinski definition) is 0. The zero-order valence-electron chi connectivity index (χ0n) is 9.64. The van der Waals surface area contributed by atoms with Crippen molar-refractivity contribution in [2.75, 3.05) is 6.54 Å². The normalized spacial score (nSPS) is 18.5. The van der Waals surface area contributed by atoms with E-state index < -0.39 is 0 Å². The fraction of sp³-hybridized carbons (Fsp3) is 0.214. The van der Waals surface area contributed by atoms with E-state index in [9.17, 15) is 4.79 Å². The minimum Gasteiger partial charge on any atom is -0.364 e. The van der Waals surface area contributed by atoms with Crippen LogP contribution < -0.4 is 0 Å². The van der Waals surface area contributed by atoms with Crippen LogP contribution >= 0.6 is 11.6 Å². The summed E-state index contributed by atoms with van der Waals surface area (Å²) in [6, 6.07) is 7.27. The lowest BCUT2D eigenvalue weighted by Crippen LogP contribution is -2.32. The third-order valence-corrected chi connectivity index (χ3v) is 3.05. The van der Waals surface area contributed by atoms with Crippen molar-refractivity contribution < 1.29 is 4.79 Å². The molecule has 3 heteroatoms. The minimum atomic E-state index is 0.105. The molecule has 0 aromatic heterocycles. The van der Waals surface area contributed by atoms with E-state index >= 15 is 0 Å². The Kier molecular flexibility index (Phi) is 3.64. The van der Waals surface area contributed by atoms with Crippen molar-refractivity contribution in [3.63, 3.8) is 0 Å². The second-order valence-corrected chi connectivity index (χ2v) is 4.51. The van der Waals surface area contributed by atoms with Gasteiger partial charge in [0.15, 0.2) is 5.78 Å². The Morgan fingerprint density at radius 3 is 2.65 bits per heavy atom. The number of allylic oxidation sites excluding steroid dienone is 2. The Morgan fingerprint density at radius 2 is 2.00 bits per heavy atom. The number of nitrogens with zero attached hydrogens (tertiary/aromatic N) is 1. The molecule has 1 heterocycles. The summed E-state index contributed by atoms with van der Waals surface area (Å²) in [5.41, 5.74) is 0.699. The first-order chi connectivity index (χ1) is 8.16. The van der Waals surface area contributed by atoms with Gasteiger partial charge in [-0.3, -0.25) is 4.79 Å². The van der Waals surface area contributed by atoms with Gasteiger partial charge in [-0.2, -0.15) is 0 Å². The van der Waals surface area contributed by atoms with Crippen LogP contribution in [0.2, 0.25) is 5.02 Å². The molecule has 2 nitrogen and oxygen atoms in total. The topological polar surface area (TPSA) is 20.3 Å². The van der Waals surface area contributed by atoms with E-state index in [1.165, 1.54) is 0 Å². The first kappa shape index (κ1) is 11.9. The molecule has 1 atom stereocenters. The molecular formula is C14H14ClNO. The summed E-state index contributed by atoms with van der Waals surface area (Å²) in [6.07, 6.45) is 7.94. The number of ketones is 1. The molecule has 0 fully saturated rings. The van der Waals surface area contributed by atoms with Gasteiger partial charge in [0.05, 0.1) is 6.54 Å². The van der Waals surface area contributed by atoms with Crippen LogP contribution in [0.25, 0.3) is 0 Å². The van der Waals surface area contributed by atoms with Crippen molar-refractivity contribution in [1.29, 1.82) is 0 Å². The lowest BCUT2D eigenvalue weighted by atomic mass is 10.1. The highest BCUT2D eigenvalue weighted by atomic mass is 35.5. The van der Waals surface area contributed by atoms with E-state index in [0.717, 1.165) is 0 Å². The van der Waals surface area contributed by atoms with E-state index in [-0.39, 0.29) is 11.8 Å². The van der Waals surface area contributed by atoms with Crippen molar-refractivity contribution in [3.05, 3.63) is 59.3 Å². The van der Waals surface area contributed by atoms with Crippen molar-refractivity contribution in [3.8, 4) is 0 Å². The van der Waals surface area contributed by atoms with E-state index in [1.54, 1.807) is 24.3 Å². The average molecular weight is 248 g/mol. The van der Waals surface area contributed by atoms with Crippen LogP contribution in [0.3, 0.4) is 0 Å². The summed E-state index contributed by atoms with van der Waals surface area (Å²) in [5, 5.41) is 0.649. The van der Waals surface area contributed by atoms with Crippen LogP contribution in [0, 0.1) is 0 Å². The zero-order chi connectivity index (χ0) is 12.3. The standard InChI is InChI=1S/C14H14ClNO/c1-11-4-2-3-9-16(11)10-14(17)12-5-7-13(15)8-6-12/h2-9,11H,10H2,1H3. The highest BCUT2D eigenvalue weighted by Crippen LogP contribution is 2.13. The Bertz CT molecular complexity index is 462. The maximum atomic E-state index is 12.0. The number of benzene rings is 1. The fourth-order valence-corrected chi connectivity index (χ4v) is 1.85. The largest absolute Gasteiger partial charge is 0.364 e. The molecule has 0 amide bonds. The summed E-state index contributed by atoms with van der Waals surface area (Å²) in [5.74, 6) is 0.105. The third-order valence-electron chi connectivity index (χ3n) is 2.79. The van der Waals surface area contributed by atoms with E-state index in [4.69, 9.17) is 11.6 Å². The van der Waals surface area contributed by atoms with Gasteiger partial charge in [-0.1, -0.05) is 23.8 Å². The fourth-order valence-electron chi connectivity index (χ4n) is 1.72. The molecule has 2 rings (SSSR count). The lowest BCUT2D eigenvalue weighted by molar-refractivity contribution is 0.0947. The van der Waals surface area contributed by atoms with Gasteiger partial charge in [0.1, 0.15) is 0 Å². The summed E-state index contributed by atoms with van der Waals surface area (Å²) in [7, 11) is 0. The SMILES string of the molecule is CC1C=CC=CN1CC(=O)c1ccc(Cl)cc1. The molecule has 0 saturated carbocycles. The maximum absolute atomic E-state index is 12.0. The molecule has 0 saturated heterocycles. The Balaban J connectivity index is 2.04.